The number of aromatic nitrogens is 1. The van der Waals surface area contributed by atoms with Crippen LogP contribution in [0.4, 0.5) is 5.69 Å². The van der Waals surface area contributed by atoms with Crippen LogP contribution in [-0.4, -0.2) is 27.5 Å². The van der Waals surface area contributed by atoms with Crippen molar-refractivity contribution in [3.8, 4) is 11.3 Å². The summed E-state index contributed by atoms with van der Waals surface area (Å²) in [5, 5.41) is 1.65. The molecule has 0 bridgehead atoms. The Balaban J connectivity index is 1.65. The van der Waals surface area contributed by atoms with Crippen molar-refractivity contribution in [2.24, 2.45) is 4.99 Å². The van der Waals surface area contributed by atoms with Crippen molar-refractivity contribution >= 4 is 57.8 Å². The number of amidine groups is 1. The summed E-state index contributed by atoms with van der Waals surface area (Å²) in [5.41, 5.74) is 1.35. The number of nitrogens with zero attached hydrogens (tertiary/aromatic N) is 3. The molecular weight excluding hydrogens is 441 g/mol. The second-order valence-electron chi connectivity index (χ2n) is 6.25. The van der Waals surface area contributed by atoms with Gasteiger partial charge in [0.25, 0.3) is 5.91 Å². The Kier molecular flexibility index (Phi) is 6.08. The monoisotopic (exact) mass is 455 g/mol. The molecule has 2 aromatic heterocycles. The highest BCUT2D eigenvalue weighted by Gasteiger charge is 2.33. The third-order valence-electron chi connectivity index (χ3n) is 4.16. The number of amides is 1. The van der Waals surface area contributed by atoms with Gasteiger partial charge in [0.05, 0.1) is 21.8 Å². The Labute approximate surface area is 187 Å². The standard InChI is InChI=1S/C22H15Cl2N3O2S/c1-2-10-27-21(28)20(30-22(27)26-15-4-3-9-25-13-15)12-16-6-8-19(29-16)17-11-14(23)5-7-18(17)24/h2-9,11-13H,1,10H2/b20-12+,26-22?. The number of aliphatic imine (C=N–C) groups is 1. The molecule has 150 valence electrons. The fraction of sp³-hybridized carbons (Fsp3) is 0.0455. The first kappa shape index (κ1) is 20.5. The second kappa shape index (κ2) is 8.92. The van der Waals surface area contributed by atoms with E-state index in [0.29, 0.717) is 49.4 Å². The predicted octanol–water partition coefficient (Wildman–Crippen LogP) is 6.44. The lowest BCUT2D eigenvalue weighted by atomic mass is 10.2. The predicted molar refractivity (Wildman–Crippen MR) is 123 cm³/mol. The Morgan fingerprint density at radius 3 is 2.87 bits per heavy atom. The molecule has 3 heterocycles. The van der Waals surface area contributed by atoms with Gasteiger partial charge in [-0.2, -0.15) is 0 Å². The van der Waals surface area contributed by atoms with Crippen molar-refractivity contribution < 1.29 is 9.21 Å². The zero-order valence-electron chi connectivity index (χ0n) is 15.6. The van der Waals surface area contributed by atoms with E-state index >= 15 is 0 Å². The molecule has 0 unspecified atom stereocenters. The van der Waals surface area contributed by atoms with Crippen LogP contribution in [0, 0.1) is 0 Å². The van der Waals surface area contributed by atoms with Crippen LogP contribution in [-0.2, 0) is 4.79 Å². The zero-order valence-corrected chi connectivity index (χ0v) is 17.9. The van der Waals surface area contributed by atoms with Gasteiger partial charge in [0.1, 0.15) is 11.5 Å². The van der Waals surface area contributed by atoms with Gasteiger partial charge >= 0.3 is 0 Å². The maximum absolute atomic E-state index is 12.9. The van der Waals surface area contributed by atoms with E-state index in [0.717, 1.165) is 0 Å². The first-order chi connectivity index (χ1) is 14.5. The van der Waals surface area contributed by atoms with E-state index in [9.17, 15) is 4.79 Å². The molecule has 1 aromatic carbocycles. The fourth-order valence-electron chi connectivity index (χ4n) is 2.80. The molecule has 1 aliphatic heterocycles. The van der Waals surface area contributed by atoms with Crippen LogP contribution in [0.1, 0.15) is 5.76 Å². The molecule has 0 radical (unpaired) electrons. The summed E-state index contributed by atoms with van der Waals surface area (Å²) in [5.74, 6) is 0.927. The number of carbonyl (C=O) groups is 1. The summed E-state index contributed by atoms with van der Waals surface area (Å²) in [7, 11) is 0. The minimum absolute atomic E-state index is 0.165. The summed E-state index contributed by atoms with van der Waals surface area (Å²) in [6.07, 6.45) is 6.66. The van der Waals surface area contributed by atoms with Crippen molar-refractivity contribution in [2.75, 3.05) is 6.54 Å². The average Bonchev–Trinajstić information content (AvgIpc) is 3.31. The van der Waals surface area contributed by atoms with Crippen LogP contribution in [0.15, 0.2) is 81.8 Å². The molecule has 1 saturated heterocycles. The molecule has 5 nitrogen and oxygen atoms in total. The number of furan rings is 1. The fourth-order valence-corrected chi connectivity index (χ4v) is 4.17. The van der Waals surface area contributed by atoms with Crippen LogP contribution in [0.2, 0.25) is 10.0 Å². The molecule has 4 rings (SSSR count). The van der Waals surface area contributed by atoms with E-state index in [1.165, 1.54) is 11.8 Å². The van der Waals surface area contributed by atoms with E-state index in [1.54, 1.807) is 65.8 Å². The van der Waals surface area contributed by atoms with Crippen LogP contribution in [0.3, 0.4) is 0 Å². The van der Waals surface area contributed by atoms with Gasteiger partial charge in [0, 0.05) is 29.4 Å². The lowest BCUT2D eigenvalue weighted by Crippen LogP contribution is -2.29. The van der Waals surface area contributed by atoms with E-state index in [1.807, 2.05) is 6.07 Å². The van der Waals surface area contributed by atoms with Crippen LogP contribution in [0.25, 0.3) is 17.4 Å². The number of halogens is 2. The minimum atomic E-state index is -0.165. The van der Waals surface area contributed by atoms with E-state index < -0.39 is 0 Å². The molecule has 0 aliphatic carbocycles. The molecule has 30 heavy (non-hydrogen) atoms. The lowest BCUT2D eigenvalue weighted by molar-refractivity contribution is -0.121. The molecule has 0 atom stereocenters. The molecule has 8 heteroatoms. The number of rotatable bonds is 5. The molecule has 1 amide bonds. The van der Waals surface area contributed by atoms with Crippen LogP contribution < -0.4 is 0 Å². The first-order valence-corrected chi connectivity index (χ1v) is 10.5. The topological polar surface area (TPSA) is 58.7 Å². The van der Waals surface area contributed by atoms with Gasteiger partial charge in [-0.25, -0.2) is 4.99 Å². The van der Waals surface area contributed by atoms with E-state index in [2.05, 4.69) is 16.6 Å². The van der Waals surface area contributed by atoms with E-state index in [-0.39, 0.29) is 5.91 Å². The SMILES string of the molecule is C=CCN1C(=O)/C(=C\c2ccc(-c3cc(Cl)ccc3Cl)o2)SC1=Nc1cccnc1. The van der Waals surface area contributed by atoms with Crippen LogP contribution in [0.5, 0.6) is 0 Å². The largest absolute Gasteiger partial charge is 0.457 e. The number of hydrogen-bond acceptors (Lipinski definition) is 5. The molecule has 3 aromatic rings. The Hall–Kier alpha value is -2.80. The van der Waals surface area contributed by atoms with Gasteiger partial charge in [-0.15, -0.1) is 6.58 Å². The average molecular weight is 456 g/mol. The second-order valence-corrected chi connectivity index (χ2v) is 8.10. The van der Waals surface area contributed by atoms with Gasteiger partial charge in [-0.05, 0) is 54.2 Å². The normalized spacial score (nSPS) is 16.6. The van der Waals surface area contributed by atoms with Crippen molar-refractivity contribution in [1.29, 1.82) is 0 Å². The summed E-state index contributed by atoms with van der Waals surface area (Å²) >= 11 is 13.6. The highest BCUT2D eigenvalue weighted by molar-refractivity contribution is 8.18. The van der Waals surface area contributed by atoms with Gasteiger partial charge in [-0.3, -0.25) is 14.7 Å². The number of hydrogen-bond donors (Lipinski definition) is 0. The number of thioether (sulfide) groups is 1. The van der Waals surface area contributed by atoms with Crippen molar-refractivity contribution in [3.05, 3.63) is 88.2 Å². The maximum Gasteiger partial charge on any atom is 0.267 e. The number of carbonyl (C=O) groups excluding carboxylic acids is 1. The third-order valence-corrected chi connectivity index (χ3v) is 5.74. The molecule has 0 N–H and O–H groups in total. The molecule has 1 aliphatic rings. The molecule has 1 fully saturated rings. The molecule has 0 saturated carbocycles. The quantitative estimate of drug-likeness (QED) is 0.328. The van der Waals surface area contributed by atoms with Crippen molar-refractivity contribution in [3.63, 3.8) is 0 Å². The van der Waals surface area contributed by atoms with Gasteiger partial charge < -0.3 is 4.42 Å². The summed E-state index contributed by atoms with van der Waals surface area (Å²) in [4.78, 5) is 23.6. The number of benzene rings is 1. The minimum Gasteiger partial charge on any atom is -0.457 e. The summed E-state index contributed by atoms with van der Waals surface area (Å²) in [6.45, 7) is 4.08. The molecule has 0 spiro atoms. The Morgan fingerprint density at radius 2 is 2.10 bits per heavy atom. The summed E-state index contributed by atoms with van der Waals surface area (Å²) < 4.78 is 5.89. The Morgan fingerprint density at radius 1 is 1.23 bits per heavy atom. The third kappa shape index (κ3) is 4.36. The van der Waals surface area contributed by atoms with Crippen molar-refractivity contribution in [1.82, 2.24) is 9.88 Å². The highest BCUT2D eigenvalue weighted by atomic mass is 35.5. The molecular formula is C22H15Cl2N3O2S. The lowest BCUT2D eigenvalue weighted by Gasteiger charge is -2.12. The Bertz CT molecular complexity index is 1170. The zero-order chi connectivity index (χ0) is 21.1. The highest BCUT2D eigenvalue weighted by Crippen LogP contribution is 2.36. The van der Waals surface area contributed by atoms with Crippen molar-refractivity contribution in [2.45, 2.75) is 0 Å². The summed E-state index contributed by atoms with van der Waals surface area (Å²) in [6, 6.07) is 12.4. The van der Waals surface area contributed by atoms with Gasteiger partial charge in [0.2, 0.25) is 0 Å². The number of pyridine rings is 1. The van der Waals surface area contributed by atoms with Crippen LogP contribution >= 0.6 is 35.0 Å². The maximum atomic E-state index is 12.9. The van der Waals surface area contributed by atoms with Gasteiger partial charge in [0.15, 0.2) is 5.17 Å². The first-order valence-electron chi connectivity index (χ1n) is 8.91. The van der Waals surface area contributed by atoms with Gasteiger partial charge in [-0.1, -0.05) is 29.3 Å². The smallest absolute Gasteiger partial charge is 0.267 e. The van der Waals surface area contributed by atoms with E-state index in [4.69, 9.17) is 27.6 Å².